The van der Waals surface area contributed by atoms with Gasteiger partial charge in [0.2, 0.25) is 0 Å². The maximum absolute atomic E-state index is 12.2. The Balaban J connectivity index is 2.65. The van der Waals surface area contributed by atoms with Crippen molar-refractivity contribution in [2.75, 3.05) is 19.6 Å². The van der Waals surface area contributed by atoms with Crippen LogP contribution in [-0.4, -0.2) is 43.0 Å². The number of guanidine groups is 1. The summed E-state index contributed by atoms with van der Waals surface area (Å²) in [6.07, 6.45) is -6.03. The third kappa shape index (κ3) is 9.19. The summed E-state index contributed by atoms with van der Waals surface area (Å²) in [5.41, 5.74) is 0.632. The smallest absolute Gasteiger partial charge is 0.390 e. The highest BCUT2D eigenvalue weighted by Gasteiger charge is 2.26. The zero-order valence-corrected chi connectivity index (χ0v) is 14.7. The van der Waals surface area contributed by atoms with E-state index in [9.17, 15) is 18.3 Å². The predicted molar refractivity (Wildman–Crippen MR) is 91.8 cm³/mol. The van der Waals surface area contributed by atoms with Gasteiger partial charge in [0.25, 0.3) is 0 Å². The van der Waals surface area contributed by atoms with Crippen LogP contribution in [0.2, 0.25) is 0 Å². The molecule has 1 rings (SSSR count). The molecular formula is C17H26F3N3O2. The molecule has 0 aliphatic carbocycles. The SMILES string of the molecule is CCNC(=NCC(O)c1cccc(OC(C)C)c1)NCCC(F)(F)F. The standard InChI is InChI=1S/C17H26F3N3O2/c1-4-21-16(22-9-8-17(18,19)20)23-11-15(24)13-6-5-7-14(10-13)25-12(2)3/h5-7,10,12,15,24H,4,8-9,11H2,1-3H3,(H2,21,22,23). The first kappa shape index (κ1) is 21.1. The number of rotatable bonds is 8. The number of aliphatic hydroxyl groups excluding tert-OH is 1. The van der Waals surface area contributed by atoms with Crippen LogP contribution in [0.3, 0.4) is 0 Å². The first-order valence-corrected chi connectivity index (χ1v) is 8.25. The number of nitrogens with zero attached hydrogens (tertiary/aromatic N) is 1. The topological polar surface area (TPSA) is 65.9 Å². The van der Waals surface area contributed by atoms with Gasteiger partial charge in [0.05, 0.1) is 25.2 Å². The van der Waals surface area contributed by atoms with E-state index < -0.39 is 18.7 Å². The normalized spacial score (nSPS) is 13.7. The van der Waals surface area contributed by atoms with Crippen molar-refractivity contribution in [3.05, 3.63) is 29.8 Å². The van der Waals surface area contributed by atoms with Crippen molar-refractivity contribution in [3.63, 3.8) is 0 Å². The fraction of sp³-hybridized carbons (Fsp3) is 0.588. The van der Waals surface area contributed by atoms with Crippen molar-refractivity contribution in [3.8, 4) is 5.75 Å². The van der Waals surface area contributed by atoms with Crippen LogP contribution in [0.25, 0.3) is 0 Å². The summed E-state index contributed by atoms with van der Waals surface area (Å²) < 4.78 is 42.2. The molecular weight excluding hydrogens is 335 g/mol. The lowest BCUT2D eigenvalue weighted by atomic mass is 10.1. The second-order valence-electron chi connectivity index (χ2n) is 5.77. The first-order chi connectivity index (χ1) is 11.7. The molecule has 0 heterocycles. The van der Waals surface area contributed by atoms with Crippen molar-refractivity contribution in [1.29, 1.82) is 0 Å². The highest BCUT2D eigenvalue weighted by molar-refractivity contribution is 5.79. The zero-order chi connectivity index (χ0) is 18.9. The van der Waals surface area contributed by atoms with Crippen molar-refractivity contribution in [1.82, 2.24) is 10.6 Å². The summed E-state index contributed by atoms with van der Waals surface area (Å²) in [6.45, 7) is 5.87. The van der Waals surface area contributed by atoms with E-state index in [1.54, 1.807) is 24.3 Å². The van der Waals surface area contributed by atoms with Crippen molar-refractivity contribution < 1.29 is 23.0 Å². The van der Waals surface area contributed by atoms with Crippen molar-refractivity contribution >= 4 is 5.96 Å². The van der Waals surface area contributed by atoms with E-state index in [4.69, 9.17) is 4.74 Å². The van der Waals surface area contributed by atoms with Gasteiger partial charge in [0, 0.05) is 13.1 Å². The minimum Gasteiger partial charge on any atom is -0.491 e. The third-order valence-electron chi connectivity index (χ3n) is 3.08. The van der Waals surface area contributed by atoms with Crippen LogP contribution in [0, 0.1) is 0 Å². The van der Waals surface area contributed by atoms with E-state index in [0.717, 1.165) is 0 Å². The van der Waals surface area contributed by atoms with Crippen molar-refractivity contribution in [2.24, 2.45) is 4.99 Å². The van der Waals surface area contributed by atoms with Crippen LogP contribution in [0.5, 0.6) is 5.75 Å². The molecule has 0 saturated heterocycles. The van der Waals surface area contributed by atoms with Gasteiger partial charge in [-0.3, -0.25) is 4.99 Å². The second-order valence-corrected chi connectivity index (χ2v) is 5.77. The molecule has 1 atom stereocenters. The fourth-order valence-corrected chi connectivity index (χ4v) is 2.01. The molecule has 8 heteroatoms. The van der Waals surface area contributed by atoms with E-state index in [1.165, 1.54) is 0 Å². The molecule has 1 aromatic rings. The number of aliphatic imine (C=N–C) groups is 1. The third-order valence-corrected chi connectivity index (χ3v) is 3.08. The Kier molecular flexibility index (Phi) is 8.54. The number of aliphatic hydroxyl groups is 1. The lowest BCUT2D eigenvalue weighted by Crippen LogP contribution is -2.39. The van der Waals surface area contributed by atoms with Gasteiger partial charge in [-0.2, -0.15) is 13.2 Å². The van der Waals surface area contributed by atoms with E-state index in [1.807, 2.05) is 20.8 Å². The number of hydrogen-bond acceptors (Lipinski definition) is 3. The second kappa shape index (κ2) is 10.1. The van der Waals surface area contributed by atoms with Crippen molar-refractivity contribution in [2.45, 2.75) is 45.6 Å². The summed E-state index contributed by atoms with van der Waals surface area (Å²) in [4.78, 5) is 4.14. The Morgan fingerprint density at radius 2 is 2.00 bits per heavy atom. The Morgan fingerprint density at radius 1 is 1.28 bits per heavy atom. The number of alkyl halides is 3. The molecule has 1 unspecified atom stereocenters. The van der Waals surface area contributed by atoms with Crippen LogP contribution in [0.4, 0.5) is 13.2 Å². The summed E-state index contributed by atoms with van der Waals surface area (Å²) in [6, 6.07) is 7.04. The molecule has 0 saturated carbocycles. The van der Waals surface area contributed by atoms with E-state index in [0.29, 0.717) is 17.9 Å². The fourth-order valence-electron chi connectivity index (χ4n) is 2.01. The highest BCUT2D eigenvalue weighted by atomic mass is 19.4. The van der Waals surface area contributed by atoms with Gasteiger partial charge in [-0.25, -0.2) is 0 Å². The molecule has 0 aliphatic heterocycles. The quantitative estimate of drug-likeness (QED) is 0.492. The number of halogens is 3. The van der Waals surface area contributed by atoms with Crippen LogP contribution in [0.1, 0.15) is 38.9 Å². The first-order valence-electron chi connectivity index (χ1n) is 8.25. The van der Waals surface area contributed by atoms with Gasteiger partial charge >= 0.3 is 6.18 Å². The van der Waals surface area contributed by atoms with Gasteiger partial charge in [-0.05, 0) is 38.5 Å². The van der Waals surface area contributed by atoms with E-state index in [2.05, 4.69) is 15.6 Å². The highest BCUT2D eigenvalue weighted by Crippen LogP contribution is 2.21. The monoisotopic (exact) mass is 361 g/mol. The molecule has 5 nitrogen and oxygen atoms in total. The molecule has 0 bridgehead atoms. The van der Waals surface area contributed by atoms with E-state index in [-0.39, 0.29) is 25.2 Å². The molecule has 0 radical (unpaired) electrons. The molecule has 1 aromatic carbocycles. The molecule has 25 heavy (non-hydrogen) atoms. The summed E-state index contributed by atoms with van der Waals surface area (Å²) in [5, 5.41) is 15.7. The van der Waals surface area contributed by atoms with Crippen LogP contribution >= 0.6 is 0 Å². The minimum atomic E-state index is -4.22. The Labute approximate surface area is 146 Å². The van der Waals surface area contributed by atoms with Gasteiger partial charge in [0.15, 0.2) is 5.96 Å². The lowest BCUT2D eigenvalue weighted by Gasteiger charge is -2.15. The average molecular weight is 361 g/mol. The molecule has 0 aromatic heterocycles. The number of benzene rings is 1. The molecule has 0 fully saturated rings. The molecule has 0 spiro atoms. The van der Waals surface area contributed by atoms with Gasteiger partial charge in [-0.1, -0.05) is 12.1 Å². The van der Waals surface area contributed by atoms with Gasteiger partial charge in [-0.15, -0.1) is 0 Å². The Morgan fingerprint density at radius 3 is 2.60 bits per heavy atom. The lowest BCUT2D eigenvalue weighted by molar-refractivity contribution is -0.132. The van der Waals surface area contributed by atoms with Crippen LogP contribution in [0.15, 0.2) is 29.3 Å². The Bertz CT molecular complexity index is 548. The maximum atomic E-state index is 12.2. The van der Waals surface area contributed by atoms with Crippen LogP contribution in [-0.2, 0) is 0 Å². The van der Waals surface area contributed by atoms with E-state index >= 15 is 0 Å². The number of hydrogen-bond donors (Lipinski definition) is 3. The van der Waals surface area contributed by atoms with Crippen LogP contribution < -0.4 is 15.4 Å². The summed E-state index contributed by atoms with van der Waals surface area (Å²) in [5.74, 6) is 0.881. The average Bonchev–Trinajstić information content (AvgIpc) is 2.50. The zero-order valence-electron chi connectivity index (χ0n) is 14.7. The summed E-state index contributed by atoms with van der Waals surface area (Å²) in [7, 11) is 0. The maximum Gasteiger partial charge on any atom is 0.390 e. The predicted octanol–water partition coefficient (Wildman–Crippen LogP) is 3.01. The molecule has 3 N–H and O–H groups in total. The minimum absolute atomic E-state index is 0.0172. The Hall–Kier alpha value is -1.96. The van der Waals surface area contributed by atoms with Gasteiger partial charge < -0.3 is 20.5 Å². The molecule has 0 amide bonds. The summed E-state index contributed by atoms with van der Waals surface area (Å²) >= 11 is 0. The number of nitrogens with one attached hydrogen (secondary N) is 2. The van der Waals surface area contributed by atoms with Gasteiger partial charge in [0.1, 0.15) is 5.75 Å². The molecule has 142 valence electrons. The largest absolute Gasteiger partial charge is 0.491 e. The molecule has 0 aliphatic rings. The number of ether oxygens (including phenoxy) is 1.